The van der Waals surface area contributed by atoms with Gasteiger partial charge >= 0.3 is 15.6 Å². The van der Waals surface area contributed by atoms with E-state index in [9.17, 15) is 21.6 Å². The smallest absolute Gasteiger partial charge is 0.256 e. The van der Waals surface area contributed by atoms with Crippen molar-refractivity contribution in [1.82, 2.24) is 0 Å². The normalized spacial score (nSPS) is 64.3. The van der Waals surface area contributed by atoms with Crippen LogP contribution in [0.5, 0.6) is 0 Å². The molecule has 6 saturated carbocycles. The Bertz CT molecular complexity index is 534. The Morgan fingerprint density at radius 1 is 1.06 bits per heavy atom. The first kappa shape index (κ1) is 9.61. The maximum absolute atomic E-state index is 12.4. The zero-order valence-electron chi connectivity index (χ0n) is 8.52. The molecular formula is C10H9F3O3S. The SMILES string of the molecule is O=S(=O)(OC12CC3C4C5C3C1C5C42)C(F)(F)F. The summed E-state index contributed by atoms with van der Waals surface area (Å²) in [6.45, 7) is 0. The van der Waals surface area contributed by atoms with Crippen molar-refractivity contribution < 1.29 is 25.8 Å². The van der Waals surface area contributed by atoms with Gasteiger partial charge in [0.25, 0.3) is 0 Å². The van der Waals surface area contributed by atoms with E-state index in [2.05, 4.69) is 4.18 Å². The second-order valence-electron chi connectivity index (χ2n) is 6.17. The molecule has 0 heterocycles. The number of halogens is 3. The van der Waals surface area contributed by atoms with Crippen LogP contribution in [-0.2, 0) is 14.3 Å². The molecule has 3 nitrogen and oxygen atoms in total. The van der Waals surface area contributed by atoms with Crippen LogP contribution in [-0.4, -0.2) is 19.5 Å². The van der Waals surface area contributed by atoms with Crippen molar-refractivity contribution in [3.63, 3.8) is 0 Å². The summed E-state index contributed by atoms with van der Waals surface area (Å²) < 4.78 is 64.0. The summed E-state index contributed by atoms with van der Waals surface area (Å²) in [6.07, 6.45) is 0.542. The average Bonchev–Trinajstić information content (AvgIpc) is 2.40. The van der Waals surface area contributed by atoms with Crippen molar-refractivity contribution >= 4 is 10.1 Å². The van der Waals surface area contributed by atoms with Crippen LogP contribution in [0.1, 0.15) is 6.42 Å². The van der Waals surface area contributed by atoms with E-state index in [1.807, 2.05) is 0 Å². The van der Waals surface area contributed by atoms with Crippen molar-refractivity contribution in [2.24, 2.45) is 41.4 Å². The molecule has 6 aliphatic rings. The molecule has 6 rings (SSSR count). The highest BCUT2D eigenvalue weighted by molar-refractivity contribution is 7.87. The van der Waals surface area contributed by atoms with E-state index in [4.69, 9.17) is 0 Å². The highest BCUT2D eigenvalue weighted by atomic mass is 32.2. The van der Waals surface area contributed by atoms with Gasteiger partial charge in [-0.2, -0.15) is 21.6 Å². The Balaban J connectivity index is 1.53. The lowest BCUT2D eigenvalue weighted by molar-refractivity contribution is -0.417. The van der Waals surface area contributed by atoms with E-state index >= 15 is 0 Å². The third-order valence-electron chi connectivity index (χ3n) is 6.21. The fourth-order valence-electron chi connectivity index (χ4n) is 6.10. The van der Waals surface area contributed by atoms with Gasteiger partial charge in [0, 0.05) is 0 Å². The highest BCUT2D eigenvalue weighted by Crippen LogP contribution is 2.96. The van der Waals surface area contributed by atoms with E-state index in [1.54, 1.807) is 0 Å². The fourth-order valence-corrected chi connectivity index (χ4v) is 6.90. The largest absolute Gasteiger partial charge is 0.523 e. The summed E-state index contributed by atoms with van der Waals surface area (Å²) in [5.41, 5.74) is -6.24. The molecule has 7 heteroatoms. The van der Waals surface area contributed by atoms with Gasteiger partial charge in [-0.25, -0.2) is 0 Å². The van der Waals surface area contributed by atoms with Gasteiger partial charge in [-0.05, 0) is 47.8 Å². The predicted molar refractivity (Wildman–Crippen MR) is 47.8 cm³/mol. The molecule has 17 heavy (non-hydrogen) atoms. The highest BCUT2D eigenvalue weighted by Gasteiger charge is 2.97. The molecule has 94 valence electrons. The third kappa shape index (κ3) is 0.643. The molecule has 0 N–H and O–H groups in total. The number of rotatable bonds is 2. The van der Waals surface area contributed by atoms with Crippen LogP contribution in [0.2, 0.25) is 0 Å². The van der Waals surface area contributed by atoms with Crippen molar-refractivity contribution in [3.05, 3.63) is 0 Å². The second-order valence-corrected chi connectivity index (χ2v) is 7.70. The first-order valence-electron chi connectivity index (χ1n) is 5.81. The molecule has 0 amide bonds. The lowest BCUT2D eigenvalue weighted by atomic mass is 9.19. The summed E-state index contributed by atoms with van der Waals surface area (Å²) in [7, 11) is -5.42. The lowest BCUT2D eigenvalue weighted by Crippen LogP contribution is -2.87. The Hall–Kier alpha value is -0.300. The van der Waals surface area contributed by atoms with Crippen LogP contribution in [0, 0.1) is 41.4 Å². The zero-order valence-corrected chi connectivity index (χ0v) is 9.33. The Morgan fingerprint density at radius 3 is 2.12 bits per heavy atom. The van der Waals surface area contributed by atoms with Crippen molar-refractivity contribution in [2.45, 2.75) is 17.5 Å². The van der Waals surface area contributed by atoms with Crippen LogP contribution in [0.3, 0.4) is 0 Å². The van der Waals surface area contributed by atoms with E-state index in [1.165, 1.54) is 0 Å². The lowest BCUT2D eigenvalue weighted by Gasteiger charge is -2.86. The molecule has 4 atom stereocenters. The van der Waals surface area contributed by atoms with Gasteiger partial charge in [-0.3, -0.25) is 4.18 Å². The minimum absolute atomic E-state index is 0.115. The van der Waals surface area contributed by atoms with Gasteiger partial charge in [-0.1, -0.05) is 0 Å². The van der Waals surface area contributed by atoms with Gasteiger partial charge < -0.3 is 0 Å². The zero-order chi connectivity index (χ0) is 12.0. The summed E-state index contributed by atoms with van der Waals surface area (Å²) >= 11 is 0. The first-order valence-corrected chi connectivity index (χ1v) is 7.22. The third-order valence-corrected chi connectivity index (χ3v) is 7.31. The molecule has 6 aliphatic carbocycles. The quantitative estimate of drug-likeness (QED) is 0.560. The van der Waals surface area contributed by atoms with Gasteiger partial charge in [0.2, 0.25) is 0 Å². The summed E-state index contributed by atoms with van der Waals surface area (Å²) in [5.74, 6) is 2.87. The van der Waals surface area contributed by atoms with Gasteiger partial charge in [0.15, 0.2) is 0 Å². The molecule has 4 unspecified atom stereocenters. The first-order chi connectivity index (χ1) is 7.80. The van der Waals surface area contributed by atoms with Crippen LogP contribution in [0.15, 0.2) is 0 Å². The summed E-state index contributed by atoms with van der Waals surface area (Å²) in [4.78, 5) is 0. The molecular weight excluding hydrogens is 257 g/mol. The minimum Gasteiger partial charge on any atom is -0.256 e. The number of hydrogen-bond acceptors (Lipinski definition) is 3. The average molecular weight is 266 g/mol. The monoisotopic (exact) mass is 266 g/mol. The molecule has 0 saturated heterocycles. The van der Waals surface area contributed by atoms with E-state index < -0.39 is 21.2 Å². The predicted octanol–water partition coefficient (Wildman–Crippen LogP) is 1.36. The Morgan fingerprint density at radius 2 is 1.65 bits per heavy atom. The van der Waals surface area contributed by atoms with E-state index in [0.717, 1.165) is 0 Å². The van der Waals surface area contributed by atoms with Crippen molar-refractivity contribution in [2.75, 3.05) is 0 Å². The maximum atomic E-state index is 12.4. The molecule has 2 bridgehead atoms. The maximum Gasteiger partial charge on any atom is 0.523 e. The van der Waals surface area contributed by atoms with E-state index in [0.29, 0.717) is 36.0 Å². The Kier molecular flexibility index (Phi) is 1.16. The molecule has 0 spiro atoms. The van der Waals surface area contributed by atoms with Crippen LogP contribution in [0.25, 0.3) is 0 Å². The molecule has 0 aromatic rings. The number of alkyl halides is 3. The fraction of sp³-hybridized carbons (Fsp3) is 1.00. The van der Waals surface area contributed by atoms with Crippen LogP contribution >= 0.6 is 0 Å². The van der Waals surface area contributed by atoms with Crippen molar-refractivity contribution in [3.8, 4) is 0 Å². The molecule has 6 fully saturated rings. The summed E-state index contributed by atoms with van der Waals surface area (Å²) in [5, 5.41) is 0. The van der Waals surface area contributed by atoms with Crippen LogP contribution < -0.4 is 0 Å². The van der Waals surface area contributed by atoms with Gasteiger partial charge in [0.05, 0.1) is 5.60 Å². The molecule has 0 aromatic heterocycles. The Labute approximate surface area is 95.4 Å². The molecule has 0 aliphatic heterocycles. The van der Waals surface area contributed by atoms with Gasteiger partial charge in [-0.15, -0.1) is 0 Å². The van der Waals surface area contributed by atoms with Crippen LogP contribution in [0.4, 0.5) is 13.2 Å². The van der Waals surface area contributed by atoms with E-state index in [-0.39, 0.29) is 11.8 Å². The summed E-state index contributed by atoms with van der Waals surface area (Å²) in [6, 6.07) is 0. The number of hydrogen-bond donors (Lipinski definition) is 0. The minimum atomic E-state index is -5.42. The van der Waals surface area contributed by atoms with Crippen molar-refractivity contribution in [1.29, 1.82) is 0 Å². The molecule has 0 aromatic carbocycles. The standard InChI is InChI=1S/C10H9F3O3S/c11-10(12,13)17(14,15)16-9-1-2-3-5-4(2)8(9)6(5)7(3)9/h2-8H,1H2. The molecule has 0 radical (unpaired) electrons. The second kappa shape index (κ2) is 2.05. The topological polar surface area (TPSA) is 43.4 Å². The van der Waals surface area contributed by atoms with Gasteiger partial charge in [0.1, 0.15) is 0 Å².